The molecule has 1 aromatic carbocycles. The van der Waals surface area contributed by atoms with Crippen molar-refractivity contribution in [2.24, 2.45) is 5.73 Å². The van der Waals surface area contributed by atoms with E-state index in [1.54, 1.807) is 0 Å². The van der Waals surface area contributed by atoms with Crippen molar-refractivity contribution in [1.29, 1.82) is 0 Å². The Morgan fingerprint density at radius 3 is 2.44 bits per heavy atom. The lowest BCUT2D eigenvalue weighted by atomic mass is 9.94. The Balaban J connectivity index is 2.35. The minimum atomic E-state index is -0.372. The average Bonchev–Trinajstić information content (AvgIpc) is 2.91. The number of hydrogen-bond donors (Lipinski definition) is 1. The van der Waals surface area contributed by atoms with E-state index in [9.17, 15) is 10.1 Å². The van der Waals surface area contributed by atoms with Crippen molar-refractivity contribution in [3.63, 3.8) is 0 Å². The van der Waals surface area contributed by atoms with Gasteiger partial charge in [0.1, 0.15) is 5.75 Å². The van der Waals surface area contributed by atoms with Crippen LogP contribution in [0.5, 0.6) is 11.5 Å². The Hall–Kier alpha value is -1.82. The van der Waals surface area contributed by atoms with Crippen LogP contribution in [-0.4, -0.2) is 18.1 Å². The molecule has 1 unspecified atom stereocenters. The molecule has 0 saturated carbocycles. The number of nitrogens with zero attached hydrogens (tertiary/aromatic N) is 1. The molecule has 96 valence electrons. The number of ether oxygens (including phenoxy) is 2. The number of nitrogens with two attached hydrogens (primary N) is 1. The molecular formula is C12H14N2O4. The van der Waals surface area contributed by atoms with E-state index in [-0.39, 0.29) is 16.7 Å². The van der Waals surface area contributed by atoms with Gasteiger partial charge in [-0.05, 0) is 6.92 Å². The largest absolute Gasteiger partial charge is 0.492 e. The van der Waals surface area contributed by atoms with Gasteiger partial charge in [-0.15, -0.1) is 0 Å². The summed E-state index contributed by atoms with van der Waals surface area (Å²) < 4.78 is 11.0. The van der Waals surface area contributed by atoms with Crippen molar-refractivity contribution >= 4 is 5.69 Å². The third kappa shape index (κ3) is 1.38. The van der Waals surface area contributed by atoms with Gasteiger partial charge in [0.2, 0.25) is 5.75 Å². The van der Waals surface area contributed by atoms with Gasteiger partial charge in [0.25, 0.3) is 0 Å². The maximum Gasteiger partial charge on any atom is 0.318 e. The molecule has 6 nitrogen and oxygen atoms in total. The van der Waals surface area contributed by atoms with E-state index in [0.29, 0.717) is 43.1 Å². The van der Waals surface area contributed by atoms with Crippen LogP contribution in [0.15, 0.2) is 0 Å². The van der Waals surface area contributed by atoms with Crippen LogP contribution in [0, 0.1) is 10.1 Å². The Morgan fingerprint density at radius 1 is 1.22 bits per heavy atom. The standard InChI is InChI=1S/C12H14N2O4/c1-6(13)9-7-2-4-18-12(7)10(14(15)16)8-3-5-17-11(8)9/h6H,2-5,13H2,1H3. The van der Waals surface area contributed by atoms with E-state index in [4.69, 9.17) is 15.2 Å². The molecule has 2 aliphatic heterocycles. The number of fused-ring (bicyclic) bond motifs is 2. The molecule has 2 N–H and O–H groups in total. The zero-order valence-electron chi connectivity index (χ0n) is 10.1. The van der Waals surface area contributed by atoms with Gasteiger partial charge in [-0.1, -0.05) is 0 Å². The van der Waals surface area contributed by atoms with Crippen molar-refractivity contribution in [3.05, 3.63) is 26.8 Å². The van der Waals surface area contributed by atoms with Gasteiger partial charge in [-0.25, -0.2) is 0 Å². The molecule has 2 aliphatic rings. The van der Waals surface area contributed by atoms with E-state index in [1.807, 2.05) is 6.92 Å². The minimum absolute atomic E-state index is 0.0689. The van der Waals surface area contributed by atoms with Gasteiger partial charge in [0.15, 0.2) is 0 Å². The van der Waals surface area contributed by atoms with Gasteiger partial charge < -0.3 is 15.2 Å². The topological polar surface area (TPSA) is 87.6 Å². The monoisotopic (exact) mass is 250 g/mol. The molecule has 0 bridgehead atoms. The van der Waals surface area contributed by atoms with Crippen LogP contribution < -0.4 is 15.2 Å². The third-order valence-electron chi connectivity index (χ3n) is 3.45. The highest BCUT2D eigenvalue weighted by molar-refractivity contribution is 5.69. The lowest BCUT2D eigenvalue weighted by molar-refractivity contribution is -0.386. The predicted octanol–water partition coefficient (Wildman–Crippen LogP) is 1.48. The van der Waals surface area contributed by atoms with Crippen LogP contribution in [0.3, 0.4) is 0 Å². The molecular weight excluding hydrogens is 236 g/mol. The van der Waals surface area contributed by atoms with Crippen LogP contribution in [0.4, 0.5) is 5.69 Å². The van der Waals surface area contributed by atoms with Gasteiger partial charge in [0.05, 0.1) is 23.7 Å². The quantitative estimate of drug-likeness (QED) is 0.634. The molecule has 0 aliphatic carbocycles. The minimum Gasteiger partial charge on any atom is -0.492 e. The third-order valence-corrected chi connectivity index (χ3v) is 3.45. The van der Waals surface area contributed by atoms with Gasteiger partial charge in [-0.2, -0.15) is 0 Å². The van der Waals surface area contributed by atoms with Crippen LogP contribution >= 0.6 is 0 Å². The molecule has 0 spiro atoms. The van der Waals surface area contributed by atoms with E-state index in [2.05, 4.69) is 0 Å². The SMILES string of the molecule is CC(N)c1c2c(c([N+](=O)[O-])c3c1OCC3)OCC2. The molecule has 0 aromatic heterocycles. The molecule has 1 aromatic rings. The van der Waals surface area contributed by atoms with E-state index >= 15 is 0 Å². The molecule has 2 heterocycles. The van der Waals surface area contributed by atoms with Crippen molar-refractivity contribution in [2.45, 2.75) is 25.8 Å². The molecule has 18 heavy (non-hydrogen) atoms. The van der Waals surface area contributed by atoms with Crippen LogP contribution in [0.25, 0.3) is 0 Å². The lowest BCUT2D eigenvalue weighted by Crippen LogP contribution is -2.10. The summed E-state index contributed by atoms with van der Waals surface area (Å²) in [4.78, 5) is 10.9. The van der Waals surface area contributed by atoms with Crippen molar-refractivity contribution in [3.8, 4) is 11.5 Å². The smallest absolute Gasteiger partial charge is 0.318 e. The highest BCUT2D eigenvalue weighted by atomic mass is 16.6. The summed E-state index contributed by atoms with van der Waals surface area (Å²) in [5.74, 6) is 1.01. The summed E-state index contributed by atoms with van der Waals surface area (Å²) in [6, 6.07) is -0.215. The molecule has 0 amide bonds. The van der Waals surface area contributed by atoms with Gasteiger partial charge >= 0.3 is 5.69 Å². The van der Waals surface area contributed by atoms with Crippen molar-refractivity contribution in [2.75, 3.05) is 13.2 Å². The number of rotatable bonds is 2. The fourth-order valence-electron chi connectivity index (χ4n) is 2.79. The van der Waals surface area contributed by atoms with E-state index in [0.717, 1.165) is 11.1 Å². The molecule has 0 radical (unpaired) electrons. The van der Waals surface area contributed by atoms with E-state index in [1.165, 1.54) is 0 Å². The summed E-state index contributed by atoms with van der Waals surface area (Å²) >= 11 is 0. The zero-order valence-corrected chi connectivity index (χ0v) is 10.1. The van der Waals surface area contributed by atoms with Gasteiger partial charge in [0, 0.05) is 30.0 Å². The number of nitro benzene ring substituents is 1. The summed E-state index contributed by atoms with van der Waals surface area (Å²) in [6.45, 7) is 2.80. The maximum absolute atomic E-state index is 11.2. The molecule has 0 fully saturated rings. The summed E-state index contributed by atoms with van der Waals surface area (Å²) in [6.07, 6.45) is 1.20. The average molecular weight is 250 g/mol. The van der Waals surface area contributed by atoms with Crippen LogP contribution in [-0.2, 0) is 12.8 Å². The lowest BCUT2D eigenvalue weighted by Gasteiger charge is -2.15. The first kappa shape index (κ1) is 11.3. The second-order valence-electron chi connectivity index (χ2n) is 4.62. The van der Waals surface area contributed by atoms with Crippen LogP contribution in [0.2, 0.25) is 0 Å². The van der Waals surface area contributed by atoms with Crippen molar-refractivity contribution < 1.29 is 14.4 Å². The second kappa shape index (κ2) is 3.84. The summed E-state index contributed by atoms with van der Waals surface area (Å²) in [5.41, 5.74) is 8.40. The first-order valence-electron chi connectivity index (χ1n) is 5.98. The first-order valence-corrected chi connectivity index (χ1v) is 5.98. The Bertz CT molecular complexity index is 504. The van der Waals surface area contributed by atoms with Gasteiger partial charge in [-0.3, -0.25) is 10.1 Å². The molecule has 0 saturated heterocycles. The highest BCUT2D eigenvalue weighted by Gasteiger charge is 2.38. The molecule has 6 heteroatoms. The fourth-order valence-corrected chi connectivity index (χ4v) is 2.79. The number of benzene rings is 1. The Morgan fingerprint density at radius 2 is 1.83 bits per heavy atom. The summed E-state index contributed by atoms with van der Waals surface area (Å²) in [5, 5.41) is 11.2. The highest BCUT2D eigenvalue weighted by Crippen LogP contribution is 2.49. The predicted molar refractivity (Wildman–Crippen MR) is 64.1 cm³/mol. The number of hydrogen-bond acceptors (Lipinski definition) is 5. The van der Waals surface area contributed by atoms with Crippen molar-refractivity contribution in [1.82, 2.24) is 0 Å². The first-order chi connectivity index (χ1) is 8.61. The van der Waals surface area contributed by atoms with Crippen LogP contribution in [0.1, 0.15) is 29.7 Å². The summed E-state index contributed by atoms with van der Waals surface area (Å²) in [7, 11) is 0. The number of nitro groups is 1. The Labute approximate surface area is 104 Å². The maximum atomic E-state index is 11.2. The van der Waals surface area contributed by atoms with E-state index < -0.39 is 0 Å². The molecule has 1 atom stereocenters. The normalized spacial score (nSPS) is 17.7. The zero-order chi connectivity index (χ0) is 12.9. The molecule has 3 rings (SSSR count). The Kier molecular flexibility index (Phi) is 2.41. The fraction of sp³-hybridized carbons (Fsp3) is 0.500. The second-order valence-corrected chi connectivity index (χ2v) is 4.62.